The molecule has 0 aliphatic heterocycles. The molecule has 0 N–H and O–H groups in total. The number of rotatable bonds is 3. The van der Waals surface area contributed by atoms with E-state index in [1.807, 2.05) is 0 Å². The van der Waals surface area contributed by atoms with Gasteiger partial charge in [0.1, 0.15) is 0 Å². The Bertz CT molecular complexity index is 318. The lowest BCUT2D eigenvalue weighted by Gasteiger charge is -2.29. The highest BCUT2D eigenvalue weighted by atomic mass is 35.5. The molecule has 0 radical (unpaired) electrons. The van der Waals surface area contributed by atoms with E-state index in [0.717, 1.165) is 18.7 Å². The van der Waals surface area contributed by atoms with Crippen LogP contribution >= 0.6 is 11.6 Å². The third-order valence-corrected chi connectivity index (χ3v) is 3.44. The highest BCUT2D eigenvalue weighted by molar-refractivity contribution is 6.17. The Labute approximate surface area is 95.2 Å². The van der Waals surface area contributed by atoms with Gasteiger partial charge in [0.15, 0.2) is 0 Å². The summed E-state index contributed by atoms with van der Waals surface area (Å²) in [5, 5.41) is 8.18. The lowest BCUT2D eigenvalue weighted by atomic mass is 9.76. The van der Waals surface area contributed by atoms with E-state index in [0.29, 0.717) is 18.2 Å². The first kappa shape index (κ1) is 10.9. The first-order valence-corrected chi connectivity index (χ1v) is 6.17. The number of hydrogen-bond donors (Lipinski definition) is 0. The highest BCUT2D eigenvalue weighted by Gasteiger charge is 2.33. The summed E-state index contributed by atoms with van der Waals surface area (Å²) in [6, 6.07) is 0. The molecule has 0 spiro atoms. The van der Waals surface area contributed by atoms with Crippen molar-refractivity contribution in [1.29, 1.82) is 0 Å². The maximum Gasteiger partial charge on any atom is 0.222 e. The molecule has 1 heterocycles. The molecular weight excluding hydrogens is 212 g/mol. The predicted molar refractivity (Wildman–Crippen MR) is 59.2 cm³/mol. The summed E-state index contributed by atoms with van der Waals surface area (Å²) >= 11 is 5.64. The number of halogens is 1. The van der Waals surface area contributed by atoms with Crippen molar-refractivity contribution in [3.8, 4) is 0 Å². The van der Waals surface area contributed by atoms with Gasteiger partial charge in [0, 0.05) is 17.7 Å². The molecule has 1 fully saturated rings. The molecule has 84 valence electrons. The average molecular weight is 229 g/mol. The maximum absolute atomic E-state index is 5.66. The smallest absolute Gasteiger partial charge is 0.222 e. The topological polar surface area (TPSA) is 38.9 Å². The summed E-state index contributed by atoms with van der Waals surface area (Å²) in [5.41, 5.74) is 0.107. The molecule has 15 heavy (non-hydrogen) atoms. The standard InChI is InChI=1S/C11H17ClN2O/c1-11(6-3-2-4-7-11)10-14-13-9(15-10)5-8-12/h2-8H2,1H3. The van der Waals surface area contributed by atoms with Crippen molar-refractivity contribution in [3.63, 3.8) is 0 Å². The van der Waals surface area contributed by atoms with Crippen molar-refractivity contribution >= 4 is 11.6 Å². The van der Waals surface area contributed by atoms with Gasteiger partial charge >= 0.3 is 0 Å². The number of nitrogens with zero attached hydrogens (tertiary/aromatic N) is 2. The van der Waals surface area contributed by atoms with Crippen LogP contribution in [0.4, 0.5) is 0 Å². The van der Waals surface area contributed by atoms with Crippen molar-refractivity contribution in [2.24, 2.45) is 0 Å². The predicted octanol–water partition coefficient (Wildman–Crippen LogP) is 3.07. The Kier molecular flexibility index (Phi) is 3.29. The summed E-state index contributed by atoms with van der Waals surface area (Å²) in [7, 11) is 0. The Balaban J connectivity index is 2.12. The fraction of sp³-hybridized carbons (Fsp3) is 0.818. The van der Waals surface area contributed by atoms with Gasteiger partial charge in [0.2, 0.25) is 11.8 Å². The summed E-state index contributed by atoms with van der Waals surface area (Å²) in [6.07, 6.45) is 6.86. The third kappa shape index (κ3) is 2.33. The van der Waals surface area contributed by atoms with Crippen molar-refractivity contribution in [3.05, 3.63) is 11.8 Å². The van der Waals surface area contributed by atoms with E-state index < -0.39 is 0 Å². The van der Waals surface area contributed by atoms with Gasteiger partial charge in [-0.1, -0.05) is 26.2 Å². The quantitative estimate of drug-likeness (QED) is 0.747. The second kappa shape index (κ2) is 4.52. The van der Waals surface area contributed by atoms with Crippen LogP contribution in [-0.4, -0.2) is 16.1 Å². The SMILES string of the molecule is CC1(c2nnc(CCCl)o2)CCCCC1. The maximum atomic E-state index is 5.66. The second-order valence-electron chi connectivity index (χ2n) is 4.56. The first-order chi connectivity index (χ1) is 7.24. The van der Waals surface area contributed by atoms with Crippen LogP contribution in [0.2, 0.25) is 0 Å². The molecule has 0 saturated heterocycles. The van der Waals surface area contributed by atoms with Crippen molar-refractivity contribution in [2.45, 2.75) is 50.9 Å². The van der Waals surface area contributed by atoms with Gasteiger partial charge in [-0.05, 0) is 12.8 Å². The van der Waals surface area contributed by atoms with Crippen LogP contribution in [0.15, 0.2) is 4.42 Å². The minimum Gasteiger partial charge on any atom is -0.425 e. The molecule has 0 unspecified atom stereocenters. The van der Waals surface area contributed by atoms with E-state index in [9.17, 15) is 0 Å². The zero-order chi connectivity index (χ0) is 10.7. The molecule has 3 nitrogen and oxygen atoms in total. The van der Waals surface area contributed by atoms with Crippen LogP contribution in [0.1, 0.15) is 50.8 Å². The Morgan fingerprint density at radius 2 is 2.00 bits per heavy atom. The van der Waals surface area contributed by atoms with E-state index >= 15 is 0 Å². The van der Waals surface area contributed by atoms with Crippen molar-refractivity contribution in [1.82, 2.24) is 10.2 Å². The van der Waals surface area contributed by atoms with Crippen molar-refractivity contribution in [2.75, 3.05) is 5.88 Å². The van der Waals surface area contributed by atoms with E-state index in [1.165, 1.54) is 19.3 Å². The summed E-state index contributed by atoms with van der Waals surface area (Å²) < 4.78 is 5.66. The number of aryl methyl sites for hydroxylation is 1. The van der Waals surface area contributed by atoms with Crippen LogP contribution < -0.4 is 0 Å². The van der Waals surface area contributed by atoms with Crippen molar-refractivity contribution < 1.29 is 4.42 Å². The van der Waals surface area contributed by atoms with E-state index in [4.69, 9.17) is 16.0 Å². The van der Waals surface area contributed by atoms with Crippen LogP contribution in [0.3, 0.4) is 0 Å². The van der Waals surface area contributed by atoms with Gasteiger partial charge < -0.3 is 4.42 Å². The number of aromatic nitrogens is 2. The van der Waals surface area contributed by atoms with Crippen LogP contribution in [0, 0.1) is 0 Å². The molecule has 1 aromatic heterocycles. The zero-order valence-corrected chi connectivity index (χ0v) is 9.89. The molecule has 1 aromatic rings. The largest absolute Gasteiger partial charge is 0.425 e. The average Bonchev–Trinajstić information content (AvgIpc) is 2.69. The molecule has 1 aliphatic rings. The minimum absolute atomic E-state index is 0.107. The van der Waals surface area contributed by atoms with E-state index in [-0.39, 0.29) is 5.41 Å². The molecule has 0 aromatic carbocycles. The van der Waals surface area contributed by atoms with Crippen LogP contribution in [-0.2, 0) is 11.8 Å². The summed E-state index contributed by atoms with van der Waals surface area (Å²) in [4.78, 5) is 0. The monoisotopic (exact) mass is 228 g/mol. The lowest BCUT2D eigenvalue weighted by molar-refractivity contribution is 0.252. The van der Waals surface area contributed by atoms with Crippen LogP contribution in [0.25, 0.3) is 0 Å². The van der Waals surface area contributed by atoms with Gasteiger partial charge in [-0.2, -0.15) is 0 Å². The molecule has 2 rings (SSSR count). The zero-order valence-electron chi connectivity index (χ0n) is 9.13. The molecule has 1 saturated carbocycles. The normalized spacial score (nSPS) is 20.4. The molecule has 0 atom stereocenters. The molecule has 4 heteroatoms. The summed E-state index contributed by atoms with van der Waals surface area (Å²) in [5.74, 6) is 2.02. The second-order valence-corrected chi connectivity index (χ2v) is 4.94. The van der Waals surface area contributed by atoms with Gasteiger partial charge in [0.05, 0.1) is 0 Å². The Morgan fingerprint density at radius 3 is 2.67 bits per heavy atom. The van der Waals surface area contributed by atoms with Gasteiger partial charge in [-0.25, -0.2) is 0 Å². The highest BCUT2D eigenvalue weighted by Crippen LogP contribution is 2.38. The number of hydrogen-bond acceptors (Lipinski definition) is 3. The summed E-state index contributed by atoms with van der Waals surface area (Å²) in [6.45, 7) is 2.23. The Hall–Kier alpha value is -0.570. The molecule has 0 bridgehead atoms. The molecule has 1 aliphatic carbocycles. The molecule has 0 amide bonds. The minimum atomic E-state index is 0.107. The van der Waals surface area contributed by atoms with Crippen LogP contribution in [0.5, 0.6) is 0 Å². The lowest BCUT2D eigenvalue weighted by Crippen LogP contribution is -2.25. The van der Waals surface area contributed by atoms with E-state index in [1.54, 1.807) is 0 Å². The Morgan fingerprint density at radius 1 is 1.27 bits per heavy atom. The first-order valence-electron chi connectivity index (χ1n) is 5.63. The fourth-order valence-electron chi connectivity index (χ4n) is 2.23. The van der Waals surface area contributed by atoms with E-state index in [2.05, 4.69) is 17.1 Å². The fourth-order valence-corrected chi connectivity index (χ4v) is 2.39. The number of alkyl halides is 1. The van der Waals surface area contributed by atoms with Gasteiger partial charge in [0.25, 0.3) is 0 Å². The third-order valence-electron chi connectivity index (χ3n) is 3.25. The van der Waals surface area contributed by atoms with Gasteiger partial charge in [-0.15, -0.1) is 21.8 Å². The van der Waals surface area contributed by atoms with Gasteiger partial charge in [-0.3, -0.25) is 0 Å². The molecular formula is C11H17ClN2O.